The van der Waals surface area contributed by atoms with Gasteiger partial charge in [0.05, 0.1) is 23.5 Å². The number of nitrogens with zero attached hydrogens (tertiary/aromatic N) is 4. The second-order valence-corrected chi connectivity index (χ2v) is 31.0. The highest BCUT2D eigenvalue weighted by atomic mass is 32.1. The van der Waals surface area contributed by atoms with E-state index in [1.165, 1.54) is 233 Å². The molecule has 0 bridgehead atoms. The van der Waals surface area contributed by atoms with Gasteiger partial charge in [-0.3, -0.25) is 0 Å². The van der Waals surface area contributed by atoms with Gasteiger partial charge in [-0.15, -0.1) is 68.0 Å². The van der Waals surface area contributed by atoms with E-state index in [9.17, 15) is 0 Å². The summed E-state index contributed by atoms with van der Waals surface area (Å²) in [5, 5.41) is 0. The van der Waals surface area contributed by atoms with Crippen molar-refractivity contribution in [3.8, 4) is 71.0 Å². The van der Waals surface area contributed by atoms with Crippen LogP contribution in [0, 0.1) is 23.7 Å². The standard InChI is InChI=1S/C69H82N4S8/c1-9-17-21-43(13-5)37-47-25-31-57(74-47)59-35-33-55(76-59)49-27-29-51(65-63(49)70-80-72-65)61-39-53-67(78-61)68-54(69(53,41-45(15-7)23-19-11-3)42-46(16-8)24-20-12-4)40-62(79-68)52-30-28-50(64-66(52)73-81-71-64)56-34-36-60(77-56)58-32-26-48(75-58)38-44(14-6)22-18-10-2/h25-36,39-40,43-46H,9-24,37-38,41-42H2,1-8H3. The minimum Gasteiger partial charge on any atom is -0.172 e. The molecule has 0 saturated carbocycles. The first-order valence-electron chi connectivity index (χ1n) is 30.9. The zero-order chi connectivity index (χ0) is 56.0. The molecular weight excluding hydrogens is 1140 g/mol. The van der Waals surface area contributed by atoms with Crippen molar-refractivity contribution in [1.29, 1.82) is 0 Å². The number of hydrogen-bond acceptors (Lipinski definition) is 12. The smallest absolute Gasteiger partial charge is 0.114 e. The average Bonchev–Trinajstić information content (AvgIpc) is 4.52. The minimum atomic E-state index is -0.0836. The molecule has 2 aromatic carbocycles. The van der Waals surface area contributed by atoms with Crippen LogP contribution in [0.5, 0.6) is 0 Å². The maximum absolute atomic E-state index is 5.13. The first-order chi connectivity index (χ1) is 39.7. The third-order valence-corrected chi connectivity index (χ3v) is 26.4. The summed E-state index contributed by atoms with van der Waals surface area (Å²) in [6.45, 7) is 19.0. The van der Waals surface area contributed by atoms with Gasteiger partial charge in [0.15, 0.2) is 0 Å². The lowest BCUT2D eigenvalue weighted by Crippen LogP contribution is -2.31. The average molecular weight is 1220 g/mol. The molecule has 4 atom stereocenters. The second kappa shape index (κ2) is 27.1. The number of thiophene rings is 6. The minimum absolute atomic E-state index is 0.0836. The monoisotopic (exact) mass is 1220 g/mol. The summed E-state index contributed by atoms with van der Waals surface area (Å²) in [7, 11) is 0. The molecular formula is C69H82N4S8. The Hall–Kier alpha value is -3.72. The van der Waals surface area contributed by atoms with Gasteiger partial charge in [0.1, 0.15) is 22.1 Å². The molecule has 1 aliphatic rings. The number of unbranched alkanes of at least 4 members (excludes halogenated alkanes) is 4. The lowest BCUT2D eigenvalue weighted by Gasteiger charge is -2.37. The van der Waals surface area contributed by atoms with Crippen molar-refractivity contribution >= 4 is 114 Å². The lowest BCUT2D eigenvalue weighted by atomic mass is 9.65. The third-order valence-electron chi connectivity index (χ3n) is 18.0. The van der Waals surface area contributed by atoms with E-state index in [2.05, 4.69) is 140 Å². The molecule has 0 fully saturated rings. The summed E-state index contributed by atoms with van der Waals surface area (Å²) < 4.78 is 20.4. The molecule has 0 aliphatic heterocycles. The molecule has 0 saturated heterocycles. The Bertz CT molecular complexity index is 3400. The molecule has 12 heteroatoms. The van der Waals surface area contributed by atoms with Gasteiger partial charge in [-0.2, -0.15) is 17.5 Å². The number of benzene rings is 2. The summed E-state index contributed by atoms with van der Waals surface area (Å²) in [6.07, 6.45) is 25.2. The van der Waals surface area contributed by atoms with Crippen molar-refractivity contribution in [3.63, 3.8) is 0 Å². The van der Waals surface area contributed by atoms with E-state index >= 15 is 0 Å². The van der Waals surface area contributed by atoms with Crippen LogP contribution in [0.2, 0.25) is 0 Å². The Morgan fingerprint density at radius 1 is 0.346 bits per heavy atom. The Kier molecular flexibility index (Phi) is 19.8. The first-order valence-corrected chi connectivity index (χ1v) is 37.3. The molecule has 0 amide bonds. The van der Waals surface area contributed by atoms with E-state index in [0.29, 0.717) is 11.8 Å². The van der Waals surface area contributed by atoms with Gasteiger partial charge in [-0.1, -0.05) is 182 Å². The fourth-order valence-electron chi connectivity index (χ4n) is 13.1. The molecule has 0 spiro atoms. The lowest BCUT2D eigenvalue weighted by molar-refractivity contribution is 0.266. The van der Waals surface area contributed by atoms with Crippen LogP contribution in [0.4, 0.5) is 0 Å². The predicted octanol–water partition coefficient (Wildman–Crippen LogP) is 25.1. The summed E-state index contributed by atoms with van der Waals surface area (Å²) in [6, 6.07) is 33.5. The Morgan fingerprint density at radius 2 is 0.667 bits per heavy atom. The van der Waals surface area contributed by atoms with Crippen LogP contribution < -0.4 is 0 Å². The van der Waals surface area contributed by atoms with Crippen LogP contribution in [-0.2, 0) is 18.3 Å². The molecule has 8 heterocycles. The van der Waals surface area contributed by atoms with Crippen molar-refractivity contribution in [1.82, 2.24) is 17.5 Å². The zero-order valence-corrected chi connectivity index (χ0v) is 55.6. The van der Waals surface area contributed by atoms with E-state index in [1.807, 2.05) is 68.0 Å². The van der Waals surface area contributed by atoms with E-state index in [0.717, 1.165) is 33.9 Å². The highest BCUT2D eigenvalue weighted by molar-refractivity contribution is 7.26. The summed E-state index contributed by atoms with van der Waals surface area (Å²) >= 11 is 14.5. The van der Waals surface area contributed by atoms with E-state index in [1.54, 1.807) is 11.1 Å². The number of hydrogen-bond donors (Lipinski definition) is 0. The van der Waals surface area contributed by atoms with Gasteiger partial charge in [0.2, 0.25) is 0 Å². The highest BCUT2D eigenvalue weighted by Gasteiger charge is 2.48. The van der Waals surface area contributed by atoms with Crippen LogP contribution in [0.15, 0.2) is 84.9 Å². The molecule has 8 aromatic heterocycles. The fourth-order valence-corrected chi connectivity index (χ4v) is 21.5. The second-order valence-electron chi connectivity index (χ2n) is 23.4. The van der Waals surface area contributed by atoms with E-state index < -0.39 is 0 Å². The van der Waals surface area contributed by atoms with E-state index in [-0.39, 0.29) is 5.41 Å². The van der Waals surface area contributed by atoms with Gasteiger partial charge in [-0.25, -0.2) is 0 Å². The van der Waals surface area contributed by atoms with Crippen LogP contribution >= 0.6 is 91.5 Å². The Balaban J connectivity index is 0.956. The zero-order valence-electron chi connectivity index (χ0n) is 49.1. The van der Waals surface area contributed by atoms with Crippen LogP contribution in [0.3, 0.4) is 0 Å². The van der Waals surface area contributed by atoms with Crippen molar-refractivity contribution in [2.75, 3.05) is 0 Å². The van der Waals surface area contributed by atoms with Crippen LogP contribution in [-0.4, -0.2) is 17.5 Å². The Labute approximate surface area is 516 Å². The van der Waals surface area contributed by atoms with E-state index in [4.69, 9.17) is 17.5 Å². The molecule has 11 rings (SSSR count). The molecule has 4 nitrogen and oxygen atoms in total. The maximum atomic E-state index is 5.13. The van der Waals surface area contributed by atoms with Crippen LogP contribution in [0.1, 0.15) is 192 Å². The fraction of sp³-hybridized carbons (Fsp3) is 0.478. The van der Waals surface area contributed by atoms with Gasteiger partial charge in [0.25, 0.3) is 0 Å². The Morgan fingerprint density at radius 3 is 1.02 bits per heavy atom. The highest BCUT2D eigenvalue weighted by Crippen LogP contribution is 2.63. The molecule has 0 N–H and O–H groups in total. The number of aromatic nitrogens is 4. The molecule has 426 valence electrons. The SMILES string of the molecule is CCCCC(CC)Cc1ccc(-c2ccc(-c3ccc(-c4cc5c(s4)-c4sc(-c6ccc(-c7ccc(-c8ccc(CC(CC)CCCC)s8)s7)c7nsnc67)cc4C5(CC(CC)CCCC)CC(CC)CCCC)c4nsnc34)s2)s1. The third kappa shape index (κ3) is 12.4. The maximum Gasteiger partial charge on any atom is 0.114 e. The molecule has 10 aromatic rings. The molecule has 0 radical (unpaired) electrons. The van der Waals surface area contributed by atoms with Crippen LogP contribution in [0.25, 0.3) is 93.1 Å². The molecule has 1 aliphatic carbocycles. The first kappa shape index (κ1) is 59.0. The van der Waals surface area contributed by atoms with Crippen molar-refractivity contribution < 1.29 is 0 Å². The largest absolute Gasteiger partial charge is 0.172 e. The van der Waals surface area contributed by atoms with Gasteiger partial charge in [0, 0.05) is 86.2 Å². The normalized spacial score (nSPS) is 15.8. The van der Waals surface area contributed by atoms with Gasteiger partial charge < -0.3 is 0 Å². The molecule has 4 unspecified atom stereocenters. The van der Waals surface area contributed by atoms with Gasteiger partial charge in [-0.05, 0) is 121 Å². The predicted molar refractivity (Wildman–Crippen MR) is 364 cm³/mol. The number of fused-ring (bicyclic) bond motifs is 5. The topological polar surface area (TPSA) is 51.6 Å². The summed E-state index contributed by atoms with van der Waals surface area (Å²) in [5.74, 6) is 2.84. The molecule has 81 heavy (non-hydrogen) atoms. The summed E-state index contributed by atoms with van der Waals surface area (Å²) in [5.41, 5.74) is 12.0. The number of rotatable bonds is 30. The van der Waals surface area contributed by atoms with Crippen molar-refractivity contribution in [2.45, 2.75) is 189 Å². The van der Waals surface area contributed by atoms with Crippen molar-refractivity contribution in [3.05, 3.63) is 106 Å². The summed E-state index contributed by atoms with van der Waals surface area (Å²) in [4.78, 5) is 16.6. The van der Waals surface area contributed by atoms with Gasteiger partial charge >= 0.3 is 0 Å². The van der Waals surface area contributed by atoms with Crippen molar-refractivity contribution in [2.24, 2.45) is 23.7 Å². The quantitative estimate of drug-likeness (QED) is 0.0450.